The van der Waals surface area contributed by atoms with Crippen molar-refractivity contribution in [2.24, 2.45) is 0 Å². The van der Waals surface area contributed by atoms with E-state index in [4.69, 9.17) is 0 Å². The van der Waals surface area contributed by atoms with Crippen molar-refractivity contribution in [2.75, 3.05) is 20.1 Å². The summed E-state index contributed by atoms with van der Waals surface area (Å²) >= 11 is 0. The fourth-order valence-corrected chi connectivity index (χ4v) is 5.42. The highest BCUT2D eigenvalue weighted by Crippen LogP contribution is 2.32. The quantitative estimate of drug-likeness (QED) is 0.173. The second-order valence-corrected chi connectivity index (χ2v) is 10.3. The number of aromatic nitrogens is 2. The van der Waals surface area contributed by atoms with Crippen molar-refractivity contribution >= 4 is 10.9 Å². The number of pyridine rings is 1. The average molecular weight is 537 g/mol. The summed E-state index contributed by atoms with van der Waals surface area (Å²) in [4.78, 5) is 9.07. The number of nitrogens with zero attached hydrogens (tertiary/aromatic N) is 4. The van der Waals surface area contributed by atoms with Crippen LogP contribution >= 0.6 is 0 Å². The number of alkyl halides is 3. The van der Waals surface area contributed by atoms with Gasteiger partial charge in [-0.3, -0.25) is 9.88 Å². The molecule has 2 aromatic heterocycles. The molecular formula is C32H39F3N4. The normalized spacial score (nSPS) is 13.0. The molecule has 2 aromatic carbocycles. The van der Waals surface area contributed by atoms with Crippen LogP contribution in [0, 0.1) is 0 Å². The van der Waals surface area contributed by atoms with Crippen LogP contribution in [0.3, 0.4) is 0 Å². The Kier molecular flexibility index (Phi) is 9.81. The molecule has 4 nitrogen and oxygen atoms in total. The van der Waals surface area contributed by atoms with Gasteiger partial charge in [0, 0.05) is 55.3 Å². The van der Waals surface area contributed by atoms with E-state index in [1.807, 2.05) is 53.5 Å². The minimum absolute atomic E-state index is 0.510. The standard InChI is InChI=1S/C32H39F3N4/c1-4-10-28(5-2)37(3)19-9-20-38(22-25-15-17-36-18-16-25)23-26-24-39(31-14-7-6-13-30(26)31)29-12-8-11-27(21-29)32(33,34)35/h6-8,11-18,21,24,28H,4-5,9-10,19-20,22-23H2,1-3H3. The predicted molar refractivity (Wildman–Crippen MR) is 153 cm³/mol. The lowest BCUT2D eigenvalue weighted by Crippen LogP contribution is -2.34. The Morgan fingerprint density at radius 1 is 0.923 bits per heavy atom. The molecule has 0 spiro atoms. The summed E-state index contributed by atoms with van der Waals surface area (Å²) in [5.41, 5.74) is 3.06. The molecule has 2 heterocycles. The third-order valence-electron chi connectivity index (χ3n) is 7.50. The zero-order chi connectivity index (χ0) is 27.8. The molecule has 0 aliphatic heterocycles. The number of hydrogen-bond acceptors (Lipinski definition) is 3. The molecule has 4 aromatic rings. The van der Waals surface area contributed by atoms with Crippen LogP contribution in [0.4, 0.5) is 13.2 Å². The molecular weight excluding hydrogens is 497 g/mol. The molecule has 208 valence electrons. The summed E-state index contributed by atoms with van der Waals surface area (Å²) in [6, 6.07) is 18.2. The van der Waals surface area contributed by atoms with Crippen LogP contribution < -0.4 is 0 Å². The maximum atomic E-state index is 13.4. The summed E-state index contributed by atoms with van der Waals surface area (Å²) < 4.78 is 42.2. The zero-order valence-electron chi connectivity index (χ0n) is 23.2. The molecule has 0 bridgehead atoms. The zero-order valence-corrected chi connectivity index (χ0v) is 23.2. The van der Waals surface area contributed by atoms with Crippen LogP contribution in [0.1, 0.15) is 56.2 Å². The number of rotatable bonds is 13. The summed E-state index contributed by atoms with van der Waals surface area (Å²) in [5, 5.41) is 1.06. The summed E-state index contributed by atoms with van der Waals surface area (Å²) in [5.74, 6) is 0. The first-order chi connectivity index (χ1) is 18.8. The van der Waals surface area contributed by atoms with Gasteiger partial charge in [0.05, 0.1) is 11.1 Å². The molecule has 1 atom stereocenters. The third-order valence-corrected chi connectivity index (χ3v) is 7.50. The smallest absolute Gasteiger partial charge is 0.316 e. The summed E-state index contributed by atoms with van der Waals surface area (Å²) in [6.45, 7) is 7.91. The van der Waals surface area contributed by atoms with Crippen molar-refractivity contribution in [2.45, 2.75) is 64.8 Å². The van der Waals surface area contributed by atoms with Gasteiger partial charge >= 0.3 is 6.18 Å². The van der Waals surface area contributed by atoms with Gasteiger partial charge in [-0.15, -0.1) is 0 Å². The van der Waals surface area contributed by atoms with Gasteiger partial charge < -0.3 is 9.47 Å². The molecule has 1 unspecified atom stereocenters. The lowest BCUT2D eigenvalue weighted by Gasteiger charge is -2.28. The van der Waals surface area contributed by atoms with Gasteiger partial charge in [0.1, 0.15) is 0 Å². The van der Waals surface area contributed by atoms with E-state index in [9.17, 15) is 13.2 Å². The summed E-state index contributed by atoms with van der Waals surface area (Å²) in [7, 11) is 2.22. The number of para-hydroxylation sites is 1. The van der Waals surface area contributed by atoms with E-state index in [1.165, 1.54) is 30.5 Å². The molecule has 39 heavy (non-hydrogen) atoms. The lowest BCUT2D eigenvalue weighted by molar-refractivity contribution is -0.137. The van der Waals surface area contributed by atoms with Gasteiger partial charge in [-0.1, -0.05) is 44.5 Å². The average Bonchev–Trinajstić information content (AvgIpc) is 3.30. The fourth-order valence-electron chi connectivity index (χ4n) is 5.42. The van der Waals surface area contributed by atoms with Crippen molar-refractivity contribution < 1.29 is 13.2 Å². The molecule has 0 fully saturated rings. The van der Waals surface area contributed by atoms with E-state index in [2.05, 4.69) is 41.7 Å². The molecule has 4 rings (SSSR count). The minimum Gasteiger partial charge on any atom is -0.316 e. The maximum absolute atomic E-state index is 13.4. The van der Waals surface area contributed by atoms with E-state index >= 15 is 0 Å². The number of halogens is 3. The highest BCUT2D eigenvalue weighted by atomic mass is 19.4. The first kappa shape index (κ1) is 28.8. The second-order valence-electron chi connectivity index (χ2n) is 10.3. The molecule has 0 saturated carbocycles. The molecule has 0 amide bonds. The maximum Gasteiger partial charge on any atom is 0.416 e. The highest BCUT2D eigenvalue weighted by Gasteiger charge is 2.30. The monoisotopic (exact) mass is 536 g/mol. The van der Waals surface area contributed by atoms with E-state index in [0.717, 1.165) is 55.0 Å². The Bertz CT molecular complexity index is 1320. The van der Waals surface area contributed by atoms with Crippen molar-refractivity contribution in [3.05, 3.63) is 95.9 Å². The Labute approximate surface area is 230 Å². The van der Waals surface area contributed by atoms with Gasteiger partial charge in [0.25, 0.3) is 0 Å². The third kappa shape index (κ3) is 7.49. The summed E-state index contributed by atoms with van der Waals surface area (Å²) in [6.07, 6.45) is 5.84. The molecule has 0 N–H and O–H groups in total. The molecule has 0 aliphatic rings. The van der Waals surface area contributed by atoms with Crippen LogP contribution in [0.5, 0.6) is 0 Å². The van der Waals surface area contributed by atoms with Gasteiger partial charge in [-0.25, -0.2) is 0 Å². The second kappa shape index (κ2) is 13.3. The molecule has 0 aliphatic carbocycles. The van der Waals surface area contributed by atoms with Gasteiger partial charge in [0.15, 0.2) is 0 Å². The SMILES string of the molecule is CCCC(CC)N(C)CCCN(Cc1ccncc1)Cc1cn(-c2cccc(C(F)(F)F)c2)c2ccccc12. The van der Waals surface area contributed by atoms with E-state index in [-0.39, 0.29) is 0 Å². The Morgan fingerprint density at radius 3 is 2.41 bits per heavy atom. The largest absolute Gasteiger partial charge is 0.416 e. The van der Waals surface area contributed by atoms with Crippen molar-refractivity contribution in [1.82, 2.24) is 19.4 Å². The van der Waals surface area contributed by atoms with Gasteiger partial charge in [-0.2, -0.15) is 13.2 Å². The first-order valence-electron chi connectivity index (χ1n) is 13.9. The number of benzene rings is 2. The number of fused-ring (bicyclic) bond motifs is 1. The Balaban J connectivity index is 1.60. The van der Waals surface area contributed by atoms with Crippen LogP contribution in [0.25, 0.3) is 16.6 Å². The lowest BCUT2D eigenvalue weighted by atomic mass is 10.1. The van der Waals surface area contributed by atoms with Crippen LogP contribution in [0.2, 0.25) is 0 Å². The van der Waals surface area contributed by atoms with Crippen LogP contribution in [0.15, 0.2) is 79.3 Å². The van der Waals surface area contributed by atoms with Gasteiger partial charge in [-0.05, 0) is 80.4 Å². The minimum atomic E-state index is -4.38. The van der Waals surface area contributed by atoms with Crippen molar-refractivity contribution in [3.63, 3.8) is 0 Å². The molecule has 7 heteroatoms. The van der Waals surface area contributed by atoms with E-state index in [0.29, 0.717) is 18.3 Å². The Hall–Kier alpha value is -3.16. The van der Waals surface area contributed by atoms with E-state index < -0.39 is 11.7 Å². The fraction of sp³-hybridized carbons (Fsp3) is 0.406. The van der Waals surface area contributed by atoms with Crippen molar-refractivity contribution in [1.29, 1.82) is 0 Å². The molecule has 0 radical (unpaired) electrons. The molecule has 0 saturated heterocycles. The van der Waals surface area contributed by atoms with Crippen LogP contribution in [-0.2, 0) is 19.3 Å². The first-order valence-corrected chi connectivity index (χ1v) is 13.9. The Morgan fingerprint density at radius 2 is 1.69 bits per heavy atom. The highest BCUT2D eigenvalue weighted by molar-refractivity contribution is 5.85. The van der Waals surface area contributed by atoms with Crippen LogP contribution in [-0.4, -0.2) is 45.5 Å². The predicted octanol–water partition coefficient (Wildman–Crippen LogP) is 7.95. The number of hydrogen-bond donors (Lipinski definition) is 0. The van der Waals surface area contributed by atoms with E-state index in [1.54, 1.807) is 6.07 Å². The topological polar surface area (TPSA) is 24.3 Å². The van der Waals surface area contributed by atoms with Crippen molar-refractivity contribution in [3.8, 4) is 5.69 Å². The van der Waals surface area contributed by atoms with Gasteiger partial charge in [0.2, 0.25) is 0 Å².